The van der Waals surface area contributed by atoms with Gasteiger partial charge >= 0.3 is 5.97 Å². The van der Waals surface area contributed by atoms with Crippen LogP contribution in [0.1, 0.15) is 38.3 Å². The van der Waals surface area contributed by atoms with Gasteiger partial charge in [-0.3, -0.25) is 9.67 Å². The number of hydrogen-bond donors (Lipinski definition) is 3. The van der Waals surface area contributed by atoms with E-state index in [1.54, 1.807) is 36.3 Å². The molecule has 4 N–H and O–H groups in total. The Morgan fingerprint density at radius 2 is 2.10 bits per heavy atom. The van der Waals surface area contributed by atoms with Gasteiger partial charge in [-0.2, -0.15) is 5.10 Å². The molecule has 0 spiro atoms. The molecule has 1 saturated carbocycles. The summed E-state index contributed by atoms with van der Waals surface area (Å²) in [4.78, 5) is 16.1. The number of carbonyl (C=O) groups is 1. The van der Waals surface area contributed by atoms with Crippen LogP contribution in [0.25, 0.3) is 0 Å². The highest BCUT2D eigenvalue weighted by Crippen LogP contribution is 2.28. The molecule has 9 nitrogen and oxygen atoms in total. The smallest absolute Gasteiger partial charge is 0.337 e. The first-order valence-electron chi connectivity index (χ1n) is 10.2. The average molecular weight is 418 g/mol. The molecule has 0 aliphatic heterocycles. The number of aliphatic carboxylic acids is 1. The summed E-state index contributed by atoms with van der Waals surface area (Å²) in [5.41, 5.74) is 4.16. The molecule has 1 aliphatic carbocycles. The second kappa shape index (κ2) is 9.44. The number of pyridine rings is 1. The van der Waals surface area contributed by atoms with Crippen LogP contribution in [-0.2, 0) is 18.3 Å². The summed E-state index contributed by atoms with van der Waals surface area (Å²) >= 11 is 0. The molecule has 3 rings (SSSR count). The van der Waals surface area contributed by atoms with Crippen molar-refractivity contribution in [1.29, 1.82) is 0 Å². The Morgan fingerprint density at radius 3 is 2.73 bits per heavy atom. The Kier molecular flexibility index (Phi) is 6.94. The van der Waals surface area contributed by atoms with E-state index in [1.165, 1.54) is 6.20 Å². The maximum Gasteiger partial charge on any atom is 0.337 e. The van der Waals surface area contributed by atoms with Crippen LogP contribution in [0.15, 0.2) is 30.7 Å². The van der Waals surface area contributed by atoms with Crippen LogP contribution in [0.3, 0.4) is 0 Å². The van der Waals surface area contributed by atoms with E-state index >= 15 is 0 Å². The van der Waals surface area contributed by atoms with Crippen LogP contribution in [-0.4, -0.2) is 55.3 Å². The van der Waals surface area contributed by atoms with E-state index in [1.807, 2.05) is 0 Å². The van der Waals surface area contributed by atoms with Gasteiger partial charge in [0.25, 0.3) is 0 Å². The van der Waals surface area contributed by atoms with Crippen LogP contribution in [0, 0.1) is 5.92 Å². The lowest BCUT2D eigenvalue weighted by Crippen LogP contribution is -2.58. The Balaban J connectivity index is 1.65. The summed E-state index contributed by atoms with van der Waals surface area (Å²) in [5.74, 6) is 0.349. The molecule has 1 fully saturated rings. The van der Waals surface area contributed by atoms with E-state index in [0.717, 1.165) is 31.6 Å². The minimum Gasteiger partial charge on any atom is -0.490 e. The van der Waals surface area contributed by atoms with Gasteiger partial charge in [-0.1, -0.05) is 6.92 Å². The highest BCUT2D eigenvalue weighted by molar-refractivity contribution is 5.78. The van der Waals surface area contributed by atoms with Gasteiger partial charge in [-0.25, -0.2) is 4.79 Å². The fourth-order valence-corrected chi connectivity index (χ4v) is 3.60. The van der Waals surface area contributed by atoms with Crippen LogP contribution >= 0.6 is 0 Å². The van der Waals surface area contributed by atoms with Gasteiger partial charge < -0.3 is 25.4 Å². The van der Waals surface area contributed by atoms with Crippen molar-refractivity contribution in [3.05, 3.63) is 36.4 Å². The van der Waals surface area contributed by atoms with Gasteiger partial charge in [0, 0.05) is 31.4 Å². The Morgan fingerprint density at radius 1 is 1.37 bits per heavy atom. The highest BCUT2D eigenvalue weighted by atomic mass is 16.5. The lowest BCUT2D eigenvalue weighted by Gasteiger charge is -2.29. The second-order valence-electron chi connectivity index (χ2n) is 8.16. The molecule has 0 saturated heterocycles. The molecule has 164 valence electrons. The SMILES string of the molecule is CC1CCC(Oc2ccnc(C[C@](O)(C(=O)O)[C@@H](N)COc3cnn(C)c3)c2)CC1. The van der Waals surface area contributed by atoms with Gasteiger partial charge in [-0.15, -0.1) is 0 Å². The predicted molar refractivity (Wildman–Crippen MR) is 109 cm³/mol. The van der Waals surface area contributed by atoms with Crippen molar-refractivity contribution in [2.75, 3.05) is 6.61 Å². The van der Waals surface area contributed by atoms with E-state index in [9.17, 15) is 15.0 Å². The van der Waals surface area contributed by atoms with Gasteiger partial charge in [0.2, 0.25) is 0 Å². The summed E-state index contributed by atoms with van der Waals surface area (Å²) in [6.45, 7) is 2.06. The zero-order valence-corrected chi connectivity index (χ0v) is 17.4. The number of carboxylic acids is 1. The molecule has 2 aromatic rings. The van der Waals surface area contributed by atoms with Crippen LogP contribution in [0.5, 0.6) is 11.5 Å². The fourth-order valence-electron chi connectivity index (χ4n) is 3.60. The summed E-state index contributed by atoms with van der Waals surface area (Å²) in [6.07, 6.45) is 8.80. The van der Waals surface area contributed by atoms with Crippen molar-refractivity contribution in [3.63, 3.8) is 0 Å². The van der Waals surface area contributed by atoms with Crippen molar-refractivity contribution in [2.45, 2.75) is 56.8 Å². The van der Waals surface area contributed by atoms with Gasteiger partial charge in [0.05, 0.1) is 24.5 Å². The standard InChI is InChI=1S/C21H30N4O5/c1-14-3-5-16(6-4-14)30-17-7-8-23-15(9-17)10-21(28,20(26)27)19(22)13-29-18-11-24-25(2)12-18/h7-9,11-12,14,16,19,28H,3-6,10,13,22H2,1-2H3,(H,26,27)/t14?,16?,19-,21+/m0/s1. The molecule has 0 unspecified atom stereocenters. The molecule has 1 aliphatic rings. The van der Waals surface area contributed by atoms with E-state index in [0.29, 0.717) is 17.2 Å². The lowest BCUT2D eigenvalue weighted by atomic mass is 9.89. The van der Waals surface area contributed by atoms with E-state index in [-0.39, 0.29) is 19.1 Å². The van der Waals surface area contributed by atoms with Crippen LogP contribution in [0.2, 0.25) is 0 Å². The van der Waals surface area contributed by atoms with Gasteiger partial charge in [0.15, 0.2) is 11.4 Å². The molecule has 0 aromatic carbocycles. The number of nitrogens with two attached hydrogens (primary N) is 1. The normalized spacial score (nSPS) is 22.1. The number of aryl methyl sites for hydroxylation is 1. The minimum absolute atomic E-state index is 0.143. The van der Waals surface area contributed by atoms with E-state index in [4.69, 9.17) is 15.2 Å². The summed E-state index contributed by atoms with van der Waals surface area (Å²) in [7, 11) is 1.73. The molecular formula is C21H30N4O5. The maximum atomic E-state index is 11.9. The van der Waals surface area contributed by atoms with E-state index in [2.05, 4.69) is 17.0 Å². The summed E-state index contributed by atoms with van der Waals surface area (Å²) in [5, 5.41) is 24.5. The topological polar surface area (TPSA) is 133 Å². The third-order valence-corrected chi connectivity index (χ3v) is 5.60. The number of nitrogens with zero attached hydrogens (tertiary/aromatic N) is 3. The first kappa shape index (κ1) is 22.0. The van der Waals surface area contributed by atoms with Crippen LogP contribution < -0.4 is 15.2 Å². The number of rotatable bonds is 9. The molecule has 2 atom stereocenters. The molecule has 30 heavy (non-hydrogen) atoms. The number of hydrogen-bond acceptors (Lipinski definition) is 7. The monoisotopic (exact) mass is 418 g/mol. The summed E-state index contributed by atoms with van der Waals surface area (Å²) in [6, 6.07) is 2.23. The van der Waals surface area contributed by atoms with Crippen molar-refractivity contribution in [3.8, 4) is 11.5 Å². The number of ether oxygens (including phenoxy) is 2. The Bertz CT molecular complexity index is 849. The minimum atomic E-state index is -2.24. The van der Waals surface area contributed by atoms with Crippen LogP contribution in [0.4, 0.5) is 0 Å². The Labute approximate surface area is 175 Å². The molecule has 0 amide bonds. The molecule has 0 radical (unpaired) electrons. The predicted octanol–water partition coefficient (Wildman–Crippen LogP) is 1.54. The van der Waals surface area contributed by atoms with Gasteiger partial charge in [0.1, 0.15) is 12.4 Å². The number of aromatic nitrogens is 3. The maximum absolute atomic E-state index is 11.9. The fraction of sp³-hybridized carbons (Fsp3) is 0.571. The molecule has 2 aromatic heterocycles. The first-order chi connectivity index (χ1) is 14.3. The summed E-state index contributed by atoms with van der Waals surface area (Å²) < 4.78 is 13.1. The Hall–Kier alpha value is -2.65. The number of aliphatic hydroxyl groups is 1. The zero-order chi connectivity index (χ0) is 21.7. The van der Waals surface area contributed by atoms with Crippen molar-refractivity contribution in [2.24, 2.45) is 18.7 Å². The largest absolute Gasteiger partial charge is 0.490 e. The molecule has 0 bridgehead atoms. The molecule has 2 heterocycles. The molecule has 9 heteroatoms. The second-order valence-corrected chi connectivity index (χ2v) is 8.16. The van der Waals surface area contributed by atoms with Gasteiger partial charge in [-0.05, 0) is 37.7 Å². The first-order valence-corrected chi connectivity index (χ1v) is 10.2. The lowest BCUT2D eigenvalue weighted by molar-refractivity contribution is -0.161. The van der Waals surface area contributed by atoms with Crippen molar-refractivity contribution >= 4 is 5.97 Å². The van der Waals surface area contributed by atoms with E-state index < -0.39 is 17.6 Å². The average Bonchev–Trinajstić information content (AvgIpc) is 3.13. The van der Waals surface area contributed by atoms with Crippen molar-refractivity contribution < 1.29 is 24.5 Å². The highest BCUT2D eigenvalue weighted by Gasteiger charge is 2.43. The zero-order valence-electron chi connectivity index (χ0n) is 17.4. The third kappa shape index (κ3) is 5.48. The number of carboxylic acid groups (broad SMARTS) is 1. The third-order valence-electron chi connectivity index (χ3n) is 5.60. The molecular weight excluding hydrogens is 388 g/mol. The quantitative estimate of drug-likeness (QED) is 0.558. The van der Waals surface area contributed by atoms with Crippen molar-refractivity contribution in [1.82, 2.24) is 14.8 Å².